The molecule has 0 aliphatic heterocycles. The van der Waals surface area contributed by atoms with Crippen molar-refractivity contribution in [2.45, 2.75) is 6.18 Å². The van der Waals surface area contributed by atoms with Crippen molar-refractivity contribution in [3.63, 3.8) is 0 Å². The summed E-state index contributed by atoms with van der Waals surface area (Å²) in [5.74, 6) is 0.432. The summed E-state index contributed by atoms with van der Waals surface area (Å²) < 4.78 is 41.0. The summed E-state index contributed by atoms with van der Waals surface area (Å²) in [5.41, 5.74) is 0.207. The van der Waals surface area contributed by atoms with E-state index in [1.54, 1.807) is 17.0 Å². The maximum Gasteiger partial charge on any atom is 0.420 e. The molecular formula is C15H11F3N3+. The number of pyridine rings is 2. The lowest BCUT2D eigenvalue weighted by Gasteiger charge is -2.04. The van der Waals surface area contributed by atoms with E-state index in [1.807, 2.05) is 41.2 Å². The molecule has 6 heteroatoms. The Hall–Kier alpha value is -2.63. The smallest absolute Gasteiger partial charge is 0.324 e. The first-order valence-electron chi connectivity index (χ1n) is 6.22. The monoisotopic (exact) mass is 290 g/mol. The molecule has 0 saturated heterocycles. The zero-order valence-electron chi connectivity index (χ0n) is 10.8. The van der Waals surface area contributed by atoms with E-state index >= 15 is 0 Å². The van der Waals surface area contributed by atoms with Gasteiger partial charge in [0.1, 0.15) is 0 Å². The minimum atomic E-state index is -4.37. The van der Waals surface area contributed by atoms with Crippen molar-refractivity contribution in [2.75, 3.05) is 0 Å². The average molecular weight is 290 g/mol. The van der Waals surface area contributed by atoms with Crippen LogP contribution in [0, 0.1) is 0 Å². The number of hydrogen-bond acceptors (Lipinski definition) is 1. The molecule has 0 aromatic carbocycles. The van der Waals surface area contributed by atoms with Crippen LogP contribution in [-0.2, 0) is 6.18 Å². The first-order valence-corrected chi connectivity index (χ1v) is 6.22. The van der Waals surface area contributed by atoms with Gasteiger partial charge in [-0.25, -0.2) is 4.57 Å². The number of rotatable bonds is 2. The molecule has 0 aliphatic carbocycles. The van der Waals surface area contributed by atoms with Crippen molar-refractivity contribution in [1.82, 2.24) is 9.55 Å². The van der Waals surface area contributed by atoms with Crippen molar-refractivity contribution in [3.05, 3.63) is 72.9 Å². The Labute approximate surface area is 118 Å². The molecule has 0 saturated carbocycles. The minimum absolute atomic E-state index is 0.432. The lowest BCUT2D eigenvalue weighted by Crippen LogP contribution is -2.31. The van der Waals surface area contributed by atoms with Gasteiger partial charge >= 0.3 is 12.0 Å². The van der Waals surface area contributed by atoms with Crippen LogP contribution in [0.2, 0.25) is 0 Å². The van der Waals surface area contributed by atoms with Gasteiger partial charge in [0.05, 0.1) is 23.6 Å². The molecule has 0 bridgehead atoms. The lowest BCUT2D eigenvalue weighted by atomic mass is 10.3. The van der Waals surface area contributed by atoms with Gasteiger partial charge in [-0.2, -0.15) is 13.2 Å². The Balaban J connectivity index is 1.87. The van der Waals surface area contributed by atoms with Gasteiger partial charge in [0.2, 0.25) is 0 Å². The van der Waals surface area contributed by atoms with Crippen LogP contribution in [0.25, 0.3) is 11.5 Å². The quantitative estimate of drug-likeness (QED) is 0.664. The Bertz CT molecular complexity index is 714. The van der Waals surface area contributed by atoms with Crippen molar-refractivity contribution < 1.29 is 17.7 Å². The van der Waals surface area contributed by atoms with Gasteiger partial charge in [-0.3, -0.25) is 0 Å². The van der Waals surface area contributed by atoms with E-state index in [4.69, 9.17) is 0 Å². The predicted octanol–water partition coefficient (Wildman–Crippen LogP) is 3.17. The van der Waals surface area contributed by atoms with Gasteiger partial charge in [-0.1, -0.05) is 0 Å². The van der Waals surface area contributed by atoms with Gasteiger partial charge in [0, 0.05) is 30.6 Å². The van der Waals surface area contributed by atoms with Crippen molar-refractivity contribution in [3.8, 4) is 11.5 Å². The molecule has 21 heavy (non-hydrogen) atoms. The maximum absolute atomic E-state index is 12.5. The summed E-state index contributed by atoms with van der Waals surface area (Å²) in [6.07, 6.45) is 3.80. The molecule has 3 heterocycles. The fourth-order valence-electron chi connectivity index (χ4n) is 1.96. The van der Waals surface area contributed by atoms with Crippen LogP contribution in [-0.4, -0.2) is 9.55 Å². The molecule has 0 aliphatic rings. The van der Waals surface area contributed by atoms with Gasteiger partial charge in [0.15, 0.2) is 6.20 Å². The average Bonchev–Trinajstić information content (AvgIpc) is 3.01. The van der Waals surface area contributed by atoms with Crippen LogP contribution in [0.3, 0.4) is 0 Å². The van der Waals surface area contributed by atoms with Crippen LogP contribution in [0.1, 0.15) is 5.56 Å². The molecule has 3 nitrogen and oxygen atoms in total. The third-order valence-corrected chi connectivity index (χ3v) is 3.05. The largest absolute Gasteiger partial charge is 0.420 e. The number of alkyl halides is 3. The highest BCUT2D eigenvalue weighted by Gasteiger charge is 2.32. The highest BCUT2D eigenvalue weighted by atomic mass is 19.4. The predicted molar refractivity (Wildman–Crippen MR) is 70.1 cm³/mol. The summed E-state index contributed by atoms with van der Waals surface area (Å²) >= 11 is 0. The Morgan fingerprint density at radius 3 is 2.14 bits per heavy atom. The summed E-state index contributed by atoms with van der Waals surface area (Å²) in [4.78, 5) is 3.84. The Morgan fingerprint density at radius 1 is 0.952 bits per heavy atom. The second-order valence-electron chi connectivity index (χ2n) is 4.46. The summed E-state index contributed by atoms with van der Waals surface area (Å²) in [5, 5.41) is 0. The zero-order chi connectivity index (χ0) is 14.9. The van der Waals surface area contributed by atoms with Crippen LogP contribution in [0.4, 0.5) is 13.2 Å². The van der Waals surface area contributed by atoms with Gasteiger partial charge in [-0.05, 0) is 23.2 Å². The third kappa shape index (κ3) is 2.79. The van der Waals surface area contributed by atoms with Crippen LogP contribution >= 0.6 is 0 Å². The van der Waals surface area contributed by atoms with Crippen LogP contribution in [0.15, 0.2) is 67.4 Å². The molecule has 0 N–H and O–H groups in total. The minimum Gasteiger partial charge on any atom is -0.324 e. The highest BCUT2D eigenvalue weighted by Crippen LogP contribution is 2.28. The molecule has 0 spiro atoms. The van der Waals surface area contributed by atoms with E-state index in [0.29, 0.717) is 5.82 Å². The SMILES string of the molecule is FC(F)(F)c1ccc(-[n+]2ccc(-n3cccc3)cc2)nc1. The van der Waals surface area contributed by atoms with Gasteiger partial charge < -0.3 is 4.57 Å². The number of hydrogen-bond donors (Lipinski definition) is 0. The first-order chi connectivity index (χ1) is 10.0. The van der Waals surface area contributed by atoms with Crippen molar-refractivity contribution in [2.24, 2.45) is 0 Å². The second-order valence-corrected chi connectivity index (χ2v) is 4.46. The lowest BCUT2D eigenvalue weighted by molar-refractivity contribution is -0.599. The molecule has 106 valence electrons. The van der Waals surface area contributed by atoms with E-state index in [-0.39, 0.29) is 0 Å². The Morgan fingerprint density at radius 2 is 1.62 bits per heavy atom. The molecular weight excluding hydrogens is 279 g/mol. The summed E-state index contributed by atoms with van der Waals surface area (Å²) in [6.45, 7) is 0. The molecule has 0 atom stereocenters. The molecule has 0 radical (unpaired) electrons. The standard InChI is InChI=1S/C15H11F3N3/c16-15(17,18)12-3-4-14(19-11-12)21-9-5-13(6-10-21)20-7-1-2-8-20/h1-11H/q+1. The normalized spacial score (nSPS) is 11.6. The van der Waals surface area contributed by atoms with E-state index < -0.39 is 11.7 Å². The first kappa shape index (κ1) is 13.4. The van der Waals surface area contributed by atoms with Crippen LogP contribution < -0.4 is 4.57 Å². The Kier molecular flexibility index (Phi) is 3.21. The maximum atomic E-state index is 12.5. The molecule has 3 aromatic rings. The second kappa shape index (κ2) is 5.05. The zero-order valence-corrected chi connectivity index (χ0v) is 10.8. The van der Waals surface area contributed by atoms with Crippen molar-refractivity contribution in [1.29, 1.82) is 0 Å². The summed E-state index contributed by atoms with van der Waals surface area (Å²) in [7, 11) is 0. The molecule has 3 aromatic heterocycles. The molecule has 0 fully saturated rings. The third-order valence-electron chi connectivity index (χ3n) is 3.05. The van der Waals surface area contributed by atoms with E-state index in [9.17, 15) is 13.2 Å². The van der Waals surface area contributed by atoms with Gasteiger partial charge in [-0.15, -0.1) is 0 Å². The van der Waals surface area contributed by atoms with E-state index in [1.165, 1.54) is 6.07 Å². The number of aromatic nitrogens is 3. The molecule has 3 rings (SSSR count). The number of halogens is 3. The summed E-state index contributed by atoms with van der Waals surface area (Å²) in [6, 6.07) is 9.92. The molecule has 0 unspecified atom stereocenters. The van der Waals surface area contributed by atoms with Crippen LogP contribution in [0.5, 0.6) is 0 Å². The fraction of sp³-hybridized carbons (Fsp3) is 0.0667. The van der Waals surface area contributed by atoms with Crippen molar-refractivity contribution >= 4 is 0 Å². The number of nitrogens with zero attached hydrogens (tertiary/aromatic N) is 3. The van der Waals surface area contributed by atoms with E-state index in [0.717, 1.165) is 18.0 Å². The highest BCUT2D eigenvalue weighted by molar-refractivity contribution is 5.29. The van der Waals surface area contributed by atoms with Gasteiger partial charge in [0.25, 0.3) is 0 Å². The molecule has 0 amide bonds. The fourth-order valence-corrected chi connectivity index (χ4v) is 1.96. The topological polar surface area (TPSA) is 21.7 Å². The van der Waals surface area contributed by atoms with E-state index in [2.05, 4.69) is 4.98 Å².